The minimum Gasteiger partial charge on any atom is -0.501 e. The van der Waals surface area contributed by atoms with E-state index in [4.69, 9.17) is 4.42 Å². The third kappa shape index (κ3) is 9.06. The summed E-state index contributed by atoms with van der Waals surface area (Å²) in [5, 5.41) is 5.09. The fourth-order valence-electron chi connectivity index (χ4n) is 6.61. The molecule has 279 valence electrons. The Balaban J connectivity index is 0.000000196. The monoisotopic (exact) mass is 929 g/mol. The summed E-state index contributed by atoms with van der Waals surface area (Å²) in [7, 11) is -2.58. The van der Waals surface area contributed by atoms with Gasteiger partial charge in [0.05, 0.1) is 21.7 Å². The predicted molar refractivity (Wildman–Crippen MR) is 235 cm³/mol. The molecule has 5 aromatic carbocycles. The van der Waals surface area contributed by atoms with Gasteiger partial charge in [0.2, 0.25) is 0 Å². The van der Waals surface area contributed by atoms with E-state index in [1.807, 2.05) is 30.6 Å². The largest absolute Gasteiger partial charge is 0.501 e. The van der Waals surface area contributed by atoms with E-state index in [0.717, 1.165) is 44.5 Å². The minimum atomic E-state index is -1.30. The summed E-state index contributed by atoms with van der Waals surface area (Å²) < 4.78 is 6.41. The van der Waals surface area contributed by atoms with Crippen molar-refractivity contribution in [1.29, 1.82) is 0 Å². The Kier molecular flexibility index (Phi) is 12.0. The molecule has 0 saturated carbocycles. The molecule has 0 atom stereocenters. The number of hydrogen-bond acceptors (Lipinski definition) is 3. The number of benzene rings is 5. The molecule has 1 radical (unpaired) electrons. The van der Waals surface area contributed by atoms with Gasteiger partial charge in [0.1, 0.15) is 5.58 Å². The van der Waals surface area contributed by atoms with Gasteiger partial charge in [-0.05, 0) is 45.8 Å². The molecule has 0 amide bonds. The van der Waals surface area contributed by atoms with Gasteiger partial charge in [0.25, 0.3) is 0 Å². The molecule has 0 bridgehead atoms. The molecule has 8 rings (SSSR count). The van der Waals surface area contributed by atoms with Crippen LogP contribution in [0.25, 0.3) is 66.7 Å². The van der Waals surface area contributed by atoms with Crippen LogP contribution in [-0.2, 0) is 20.1 Å². The molecule has 0 aliphatic rings. The Hall–Kier alpha value is -4.72. The van der Waals surface area contributed by atoms with Crippen LogP contribution in [0.5, 0.6) is 0 Å². The SMILES string of the molecule is CC(C)c1ccnc(-c2[c-]ccc3c2oc2cc(-c4ccc([Si](C)(C)C)cc4)ccc23)c1.C[Si](C)(C)c1ccc(-c2[c-]cc(-c3ccccc3)cc2)nc1.[Ir]. The van der Waals surface area contributed by atoms with Crippen molar-refractivity contribution in [3.8, 4) is 44.8 Å². The summed E-state index contributed by atoms with van der Waals surface area (Å²) in [6.07, 6.45) is 3.91. The van der Waals surface area contributed by atoms with Gasteiger partial charge >= 0.3 is 0 Å². The molecule has 6 heteroatoms. The first kappa shape index (κ1) is 40.0. The maximum atomic E-state index is 6.41. The second-order valence-electron chi connectivity index (χ2n) is 16.4. The molecule has 55 heavy (non-hydrogen) atoms. The molecule has 0 aliphatic heterocycles. The van der Waals surface area contributed by atoms with Gasteiger partial charge in [-0.15, -0.1) is 48.0 Å². The van der Waals surface area contributed by atoms with Crippen molar-refractivity contribution in [3.63, 3.8) is 0 Å². The van der Waals surface area contributed by atoms with Crippen LogP contribution >= 0.6 is 0 Å². The first-order valence-electron chi connectivity index (χ1n) is 18.8. The fraction of sp³-hybridized carbons (Fsp3) is 0.184. The van der Waals surface area contributed by atoms with Gasteiger partial charge < -0.3 is 14.4 Å². The van der Waals surface area contributed by atoms with E-state index in [0.29, 0.717) is 5.92 Å². The first-order chi connectivity index (χ1) is 25.8. The van der Waals surface area contributed by atoms with Crippen LogP contribution in [0, 0.1) is 12.1 Å². The summed E-state index contributed by atoms with van der Waals surface area (Å²) in [6, 6.07) is 51.5. The summed E-state index contributed by atoms with van der Waals surface area (Å²) in [5.74, 6) is 0.446. The van der Waals surface area contributed by atoms with E-state index < -0.39 is 16.1 Å². The molecule has 0 N–H and O–H groups in total. The molecule has 0 unspecified atom stereocenters. The number of fused-ring (bicyclic) bond motifs is 3. The third-order valence-electron chi connectivity index (χ3n) is 10.0. The molecule has 0 fully saturated rings. The van der Waals surface area contributed by atoms with Crippen LogP contribution in [-0.4, -0.2) is 26.1 Å². The molecule has 3 nitrogen and oxygen atoms in total. The van der Waals surface area contributed by atoms with E-state index in [9.17, 15) is 0 Å². The van der Waals surface area contributed by atoms with Gasteiger partial charge in [0.15, 0.2) is 0 Å². The average molecular weight is 929 g/mol. The normalized spacial score (nSPS) is 11.7. The van der Waals surface area contributed by atoms with E-state index in [2.05, 4.69) is 184 Å². The molecule has 0 spiro atoms. The van der Waals surface area contributed by atoms with Gasteiger partial charge in [-0.1, -0.05) is 171 Å². The third-order valence-corrected chi connectivity index (χ3v) is 14.1. The molecule has 3 aromatic heterocycles. The van der Waals surface area contributed by atoms with Crippen molar-refractivity contribution >= 4 is 48.5 Å². The first-order valence-corrected chi connectivity index (χ1v) is 25.8. The van der Waals surface area contributed by atoms with Crippen molar-refractivity contribution < 1.29 is 24.5 Å². The van der Waals surface area contributed by atoms with Crippen molar-refractivity contribution in [2.24, 2.45) is 0 Å². The van der Waals surface area contributed by atoms with Gasteiger partial charge in [0, 0.05) is 37.9 Å². The number of nitrogens with zero attached hydrogens (tertiary/aromatic N) is 2. The molecule has 0 saturated heterocycles. The van der Waals surface area contributed by atoms with Crippen LogP contribution in [0.15, 0.2) is 144 Å². The molecule has 8 aromatic rings. The molecule has 3 heterocycles. The predicted octanol–water partition coefficient (Wildman–Crippen LogP) is 12.5. The zero-order valence-corrected chi connectivity index (χ0v) is 37.4. The second kappa shape index (κ2) is 16.6. The maximum Gasteiger partial charge on any atom is 0.121 e. The second-order valence-corrected chi connectivity index (χ2v) is 26.6. The van der Waals surface area contributed by atoms with Crippen molar-refractivity contribution in [1.82, 2.24) is 9.97 Å². The van der Waals surface area contributed by atoms with Gasteiger partial charge in [-0.25, -0.2) is 0 Å². The standard InChI is InChI=1S/C29H28NOSi.C20H20NSi.Ir/c1-19(2)21-15-16-30-27(17-21)26-8-6-7-25-24-14-11-22(18-28(24)31-29(25)26)20-9-12-23(13-10-20)32(3,4)5;1-22(2,3)19-13-14-20(21-15-19)18-11-9-17(10-12-18)16-7-5-4-6-8-16;/h6-7,9-19H,1-5H3;4-11,13-15H,1-3H3;/q2*-1;. The van der Waals surface area contributed by atoms with Crippen molar-refractivity contribution in [2.45, 2.75) is 59.0 Å². The summed E-state index contributed by atoms with van der Waals surface area (Å²) in [5.41, 5.74) is 11.6. The van der Waals surface area contributed by atoms with Crippen LogP contribution in [0.2, 0.25) is 39.3 Å². The average Bonchev–Trinajstić information content (AvgIpc) is 3.56. The Bertz CT molecular complexity index is 2510. The number of rotatable bonds is 7. The number of pyridine rings is 2. The van der Waals surface area contributed by atoms with E-state index in [1.165, 1.54) is 38.2 Å². The van der Waals surface area contributed by atoms with Crippen molar-refractivity contribution in [2.75, 3.05) is 0 Å². The van der Waals surface area contributed by atoms with Crippen LogP contribution < -0.4 is 10.4 Å². The van der Waals surface area contributed by atoms with Crippen LogP contribution in [0.4, 0.5) is 0 Å². The van der Waals surface area contributed by atoms with Gasteiger partial charge in [-0.3, -0.25) is 0 Å². The molecule has 0 aliphatic carbocycles. The number of hydrogen-bond donors (Lipinski definition) is 0. The summed E-state index contributed by atoms with van der Waals surface area (Å²) in [4.78, 5) is 9.24. The maximum absolute atomic E-state index is 6.41. The number of aromatic nitrogens is 2. The quantitative estimate of drug-likeness (QED) is 0.118. The Labute approximate surface area is 342 Å². The number of furan rings is 1. The topological polar surface area (TPSA) is 38.9 Å². The van der Waals surface area contributed by atoms with E-state index in [-0.39, 0.29) is 20.1 Å². The van der Waals surface area contributed by atoms with Crippen LogP contribution in [0.3, 0.4) is 0 Å². The zero-order chi connectivity index (χ0) is 38.0. The summed E-state index contributed by atoms with van der Waals surface area (Å²) in [6.45, 7) is 18.5. The zero-order valence-electron chi connectivity index (χ0n) is 33.0. The van der Waals surface area contributed by atoms with Crippen molar-refractivity contribution in [3.05, 3.63) is 157 Å². The Morgan fingerprint density at radius 2 is 1.25 bits per heavy atom. The molecular weight excluding hydrogens is 881 g/mol. The smallest absolute Gasteiger partial charge is 0.121 e. The summed E-state index contributed by atoms with van der Waals surface area (Å²) >= 11 is 0. The Morgan fingerprint density at radius 1 is 0.582 bits per heavy atom. The van der Waals surface area contributed by atoms with E-state index in [1.54, 1.807) is 0 Å². The van der Waals surface area contributed by atoms with E-state index >= 15 is 0 Å². The van der Waals surface area contributed by atoms with Crippen LogP contribution in [0.1, 0.15) is 25.3 Å². The molecular formula is C49H48IrN2OSi2-2. The minimum absolute atomic E-state index is 0. The fourth-order valence-corrected chi connectivity index (χ4v) is 8.81. The van der Waals surface area contributed by atoms with Gasteiger partial charge in [-0.2, -0.15) is 0 Å². The Morgan fingerprint density at radius 3 is 1.89 bits per heavy atom.